The Hall–Kier alpha value is -3.63. The smallest absolute Gasteiger partial charge is 0.266 e. The summed E-state index contributed by atoms with van der Waals surface area (Å²) in [6.07, 6.45) is 1.46. The van der Waals surface area contributed by atoms with Gasteiger partial charge in [0, 0.05) is 10.9 Å². The number of benzene rings is 2. The molecule has 0 bridgehead atoms. The maximum Gasteiger partial charge on any atom is 0.266 e. The Labute approximate surface area is 166 Å². The number of nitrogens with one attached hydrogen (secondary N) is 1. The summed E-state index contributed by atoms with van der Waals surface area (Å²) >= 11 is 1.42. The topological polar surface area (TPSA) is 84.2 Å². The number of ether oxygens (including phenoxy) is 2. The van der Waals surface area contributed by atoms with Gasteiger partial charge in [-0.15, -0.1) is 11.3 Å². The highest BCUT2D eigenvalue weighted by Gasteiger charge is 2.13. The molecule has 0 unspecified atom stereocenters. The zero-order chi connectivity index (χ0) is 19.9. The van der Waals surface area contributed by atoms with Crippen molar-refractivity contribution in [2.24, 2.45) is 0 Å². The van der Waals surface area contributed by atoms with Crippen molar-refractivity contribution in [2.75, 3.05) is 19.5 Å². The normalized spacial score (nSPS) is 10.8. The third-order valence-electron chi connectivity index (χ3n) is 3.85. The number of rotatable bonds is 6. The van der Waals surface area contributed by atoms with Crippen LogP contribution < -0.4 is 14.8 Å². The zero-order valence-corrected chi connectivity index (χ0v) is 16.1. The number of thiazole rings is 1. The van der Waals surface area contributed by atoms with Crippen molar-refractivity contribution in [1.29, 1.82) is 5.26 Å². The molecule has 1 heterocycles. The highest BCUT2D eigenvalue weighted by atomic mass is 32.1. The largest absolute Gasteiger partial charge is 0.497 e. The third-order valence-corrected chi connectivity index (χ3v) is 4.76. The van der Waals surface area contributed by atoms with Gasteiger partial charge < -0.3 is 14.8 Å². The molecule has 7 heteroatoms. The fourth-order valence-corrected chi connectivity index (χ4v) is 3.25. The van der Waals surface area contributed by atoms with Crippen LogP contribution in [0.4, 0.5) is 5.69 Å². The van der Waals surface area contributed by atoms with E-state index in [1.54, 1.807) is 36.8 Å². The van der Waals surface area contributed by atoms with Gasteiger partial charge in [-0.25, -0.2) is 4.98 Å². The second kappa shape index (κ2) is 8.84. The van der Waals surface area contributed by atoms with E-state index in [4.69, 9.17) is 9.47 Å². The first-order valence-electron chi connectivity index (χ1n) is 8.30. The summed E-state index contributed by atoms with van der Waals surface area (Å²) in [4.78, 5) is 17.0. The molecule has 2 aromatic carbocycles. The van der Waals surface area contributed by atoms with Crippen LogP contribution in [-0.2, 0) is 4.79 Å². The maximum absolute atomic E-state index is 12.5. The van der Waals surface area contributed by atoms with E-state index in [-0.39, 0.29) is 5.57 Å². The molecule has 0 saturated heterocycles. The number of hydrogen-bond acceptors (Lipinski definition) is 6. The Morgan fingerprint density at radius 1 is 1.18 bits per heavy atom. The number of nitriles is 1. The van der Waals surface area contributed by atoms with Gasteiger partial charge in [-0.2, -0.15) is 5.26 Å². The lowest BCUT2D eigenvalue weighted by Crippen LogP contribution is -2.14. The molecular weight excluding hydrogens is 374 g/mol. The molecular formula is C21H17N3O3S. The minimum absolute atomic E-state index is 0.0478. The van der Waals surface area contributed by atoms with E-state index in [2.05, 4.69) is 10.3 Å². The molecule has 1 amide bonds. The summed E-state index contributed by atoms with van der Waals surface area (Å²) in [6, 6.07) is 16.5. The fourth-order valence-electron chi connectivity index (χ4n) is 2.48. The molecule has 0 atom stereocenters. The number of methoxy groups -OCH3 is 2. The van der Waals surface area contributed by atoms with Gasteiger partial charge in [0.15, 0.2) is 0 Å². The quantitative estimate of drug-likeness (QED) is 0.498. The number of para-hydroxylation sites is 2. The molecule has 0 aliphatic carbocycles. The third kappa shape index (κ3) is 4.37. The lowest BCUT2D eigenvalue weighted by molar-refractivity contribution is -0.112. The summed E-state index contributed by atoms with van der Waals surface area (Å²) in [5, 5.41) is 14.7. The van der Waals surface area contributed by atoms with E-state index in [1.165, 1.54) is 24.5 Å². The van der Waals surface area contributed by atoms with E-state index in [1.807, 2.05) is 30.3 Å². The predicted octanol–water partition coefficient (Wildman–Crippen LogP) is 4.37. The van der Waals surface area contributed by atoms with Crippen LogP contribution in [0.5, 0.6) is 11.5 Å². The van der Waals surface area contributed by atoms with Crippen LogP contribution in [0, 0.1) is 11.3 Å². The van der Waals surface area contributed by atoms with Crippen LogP contribution in [0.1, 0.15) is 5.69 Å². The number of carbonyl (C=O) groups excluding carboxylic acids is 1. The monoisotopic (exact) mass is 391 g/mol. The van der Waals surface area contributed by atoms with Gasteiger partial charge >= 0.3 is 0 Å². The molecule has 3 aromatic rings. The molecule has 1 aromatic heterocycles. The molecule has 0 fully saturated rings. The van der Waals surface area contributed by atoms with Crippen LogP contribution in [0.25, 0.3) is 16.6 Å². The number of nitrogens with zero attached hydrogens (tertiary/aromatic N) is 2. The minimum atomic E-state index is -0.525. The van der Waals surface area contributed by atoms with Crippen LogP contribution in [0.2, 0.25) is 0 Å². The average Bonchev–Trinajstić information content (AvgIpc) is 3.21. The molecule has 0 saturated carbocycles. The Morgan fingerprint density at radius 2 is 2.00 bits per heavy atom. The van der Waals surface area contributed by atoms with E-state index in [0.29, 0.717) is 17.1 Å². The average molecular weight is 391 g/mol. The Balaban J connectivity index is 1.82. The minimum Gasteiger partial charge on any atom is -0.497 e. The second-order valence-corrected chi connectivity index (χ2v) is 6.49. The number of carbonyl (C=O) groups is 1. The molecule has 3 rings (SSSR count). The molecule has 28 heavy (non-hydrogen) atoms. The van der Waals surface area contributed by atoms with Crippen molar-refractivity contribution < 1.29 is 14.3 Å². The Morgan fingerprint density at radius 3 is 2.75 bits per heavy atom. The van der Waals surface area contributed by atoms with Gasteiger partial charge in [-0.1, -0.05) is 24.3 Å². The van der Waals surface area contributed by atoms with Gasteiger partial charge in [0.1, 0.15) is 28.1 Å². The Bertz CT molecular complexity index is 1070. The summed E-state index contributed by atoms with van der Waals surface area (Å²) in [5.74, 6) is 0.726. The van der Waals surface area contributed by atoms with Crippen molar-refractivity contribution >= 4 is 29.0 Å². The van der Waals surface area contributed by atoms with Crippen LogP contribution in [0.3, 0.4) is 0 Å². The van der Waals surface area contributed by atoms with Crippen LogP contribution in [0.15, 0.2) is 59.5 Å². The summed E-state index contributed by atoms with van der Waals surface area (Å²) in [7, 11) is 3.12. The molecule has 1 N–H and O–H groups in total. The number of anilines is 1. The van der Waals surface area contributed by atoms with Gasteiger partial charge in [0.2, 0.25) is 0 Å². The zero-order valence-electron chi connectivity index (χ0n) is 15.3. The standard InChI is InChI=1S/C21H17N3O3S/c1-26-17-7-5-6-14(11-17)21-23-16(13-28-21)10-15(12-22)20(25)24-18-8-3-4-9-19(18)27-2/h3-11,13H,1-2H3,(H,24,25). The first-order chi connectivity index (χ1) is 13.6. The van der Waals surface area contributed by atoms with Crippen molar-refractivity contribution in [3.63, 3.8) is 0 Å². The number of hydrogen-bond donors (Lipinski definition) is 1. The first-order valence-corrected chi connectivity index (χ1v) is 9.18. The van der Waals surface area contributed by atoms with Crippen molar-refractivity contribution in [3.05, 3.63) is 65.2 Å². The van der Waals surface area contributed by atoms with Crippen LogP contribution >= 0.6 is 11.3 Å². The predicted molar refractivity (Wildman–Crippen MR) is 109 cm³/mol. The Kier molecular flexibility index (Phi) is 6.04. The van der Waals surface area contributed by atoms with Gasteiger partial charge in [0.25, 0.3) is 5.91 Å². The summed E-state index contributed by atoms with van der Waals surface area (Å²) in [6.45, 7) is 0. The lowest BCUT2D eigenvalue weighted by atomic mass is 10.2. The maximum atomic E-state index is 12.5. The lowest BCUT2D eigenvalue weighted by Gasteiger charge is -2.08. The highest BCUT2D eigenvalue weighted by molar-refractivity contribution is 7.13. The summed E-state index contributed by atoms with van der Waals surface area (Å²) < 4.78 is 10.4. The molecule has 6 nitrogen and oxygen atoms in total. The van der Waals surface area contributed by atoms with Gasteiger partial charge in [-0.05, 0) is 30.3 Å². The molecule has 0 radical (unpaired) electrons. The van der Waals surface area contributed by atoms with E-state index >= 15 is 0 Å². The van der Waals surface area contributed by atoms with Crippen LogP contribution in [-0.4, -0.2) is 25.1 Å². The number of aromatic nitrogens is 1. The number of amides is 1. The van der Waals surface area contributed by atoms with Gasteiger partial charge in [-0.3, -0.25) is 4.79 Å². The highest BCUT2D eigenvalue weighted by Crippen LogP contribution is 2.28. The first kappa shape index (κ1) is 19.1. The van der Waals surface area contributed by atoms with Crippen molar-refractivity contribution in [1.82, 2.24) is 4.98 Å². The fraction of sp³-hybridized carbons (Fsp3) is 0.0952. The van der Waals surface area contributed by atoms with E-state index in [0.717, 1.165) is 16.3 Å². The molecule has 0 spiro atoms. The molecule has 0 aliphatic rings. The summed E-state index contributed by atoms with van der Waals surface area (Å²) in [5.41, 5.74) is 1.88. The molecule has 0 aliphatic heterocycles. The SMILES string of the molecule is COc1cccc(-c2nc(C=C(C#N)C(=O)Nc3ccccc3OC)cs2)c1. The molecule has 140 valence electrons. The van der Waals surface area contributed by atoms with E-state index in [9.17, 15) is 10.1 Å². The van der Waals surface area contributed by atoms with Crippen molar-refractivity contribution in [2.45, 2.75) is 0 Å². The second-order valence-electron chi connectivity index (χ2n) is 5.63. The van der Waals surface area contributed by atoms with Crippen molar-refractivity contribution in [3.8, 4) is 28.1 Å². The van der Waals surface area contributed by atoms with Gasteiger partial charge in [0.05, 0.1) is 25.6 Å². The van der Waals surface area contributed by atoms with E-state index < -0.39 is 5.91 Å².